The van der Waals surface area contributed by atoms with Crippen LogP contribution in [0.5, 0.6) is 5.75 Å². The van der Waals surface area contributed by atoms with Gasteiger partial charge in [0.15, 0.2) is 0 Å². The van der Waals surface area contributed by atoms with Gasteiger partial charge in [0.05, 0.1) is 18.1 Å². The van der Waals surface area contributed by atoms with Crippen molar-refractivity contribution in [2.75, 3.05) is 26.3 Å². The second-order valence-electron chi connectivity index (χ2n) is 8.09. The van der Waals surface area contributed by atoms with Crippen LogP contribution in [-0.4, -0.2) is 56.9 Å². The molecule has 1 aliphatic rings. The van der Waals surface area contributed by atoms with Gasteiger partial charge in [0.2, 0.25) is 15.9 Å². The number of benzene rings is 2. The van der Waals surface area contributed by atoms with Crippen molar-refractivity contribution < 1.29 is 27.5 Å². The summed E-state index contributed by atoms with van der Waals surface area (Å²) in [4.78, 5) is 25.6. The van der Waals surface area contributed by atoms with Gasteiger partial charge >= 0.3 is 5.97 Å². The fraction of sp³-hybridized carbons (Fsp3) is 0.440. The molecule has 0 spiro atoms. The molecule has 1 fully saturated rings. The van der Waals surface area contributed by atoms with Gasteiger partial charge in [0.1, 0.15) is 11.8 Å². The zero-order chi connectivity index (χ0) is 24.6. The highest BCUT2D eigenvalue weighted by Crippen LogP contribution is 2.25. The Morgan fingerprint density at radius 1 is 1.00 bits per heavy atom. The predicted octanol–water partition coefficient (Wildman–Crippen LogP) is 2.78. The number of amides is 1. The fourth-order valence-electron chi connectivity index (χ4n) is 3.96. The highest BCUT2D eigenvalue weighted by atomic mass is 32.2. The Morgan fingerprint density at radius 3 is 2.24 bits per heavy atom. The summed E-state index contributed by atoms with van der Waals surface area (Å²) in [6, 6.07) is 15.0. The zero-order valence-corrected chi connectivity index (χ0v) is 20.4. The maximum Gasteiger partial charge on any atom is 0.328 e. The van der Waals surface area contributed by atoms with Crippen LogP contribution in [0.15, 0.2) is 59.5 Å². The van der Waals surface area contributed by atoms with Crippen molar-refractivity contribution in [1.29, 1.82) is 0 Å². The summed E-state index contributed by atoms with van der Waals surface area (Å²) in [6.07, 6.45) is 1.09. The minimum atomic E-state index is -3.66. The van der Waals surface area contributed by atoms with Gasteiger partial charge in [-0.1, -0.05) is 30.3 Å². The highest BCUT2D eigenvalue weighted by molar-refractivity contribution is 7.89. The van der Waals surface area contributed by atoms with Crippen LogP contribution in [0.4, 0.5) is 0 Å². The Labute approximate surface area is 201 Å². The molecule has 3 rings (SSSR count). The number of rotatable bonds is 10. The molecule has 0 bridgehead atoms. The molecule has 0 aromatic heterocycles. The van der Waals surface area contributed by atoms with Crippen LogP contribution in [0, 0.1) is 5.92 Å². The number of ether oxygens (including phenoxy) is 2. The number of sulfonamides is 1. The molecule has 1 heterocycles. The number of carbonyl (C=O) groups is 2. The average molecular weight is 489 g/mol. The summed E-state index contributed by atoms with van der Waals surface area (Å²) in [5.74, 6) is -0.495. The molecule has 1 N–H and O–H groups in total. The van der Waals surface area contributed by atoms with Crippen molar-refractivity contribution in [3.63, 3.8) is 0 Å². The Hall–Kier alpha value is -2.91. The molecule has 2 aromatic rings. The first-order valence-electron chi connectivity index (χ1n) is 11.6. The van der Waals surface area contributed by atoms with E-state index in [1.807, 2.05) is 37.3 Å². The van der Waals surface area contributed by atoms with E-state index >= 15 is 0 Å². The minimum Gasteiger partial charge on any atom is -0.494 e. The largest absolute Gasteiger partial charge is 0.494 e. The molecule has 0 aliphatic carbocycles. The normalized spacial score (nSPS) is 15.9. The van der Waals surface area contributed by atoms with Gasteiger partial charge in [-0.05, 0) is 56.5 Å². The Balaban J connectivity index is 1.60. The minimum absolute atomic E-state index is 0.198. The third-order valence-electron chi connectivity index (χ3n) is 5.77. The van der Waals surface area contributed by atoms with Gasteiger partial charge in [-0.25, -0.2) is 13.2 Å². The van der Waals surface area contributed by atoms with Crippen molar-refractivity contribution >= 4 is 21.9 Å². The zero-order valence-electron chi connectivity index (χ0n) is 19.6. The lowest BCUT2D eigenvalue weighted by Gasteiger charge is -2.31. The second-order valence-corrected chi connectivity index (χ2v) is 10.0. The molecule has 1 aliphatic heterocycles. The van der Waals surface area contributed by atoms with Gasteiger partial charge in [-0.2, -0.15) is 4.31 Å². The van der Waals surface area contributed by atoms with Crippen molar-refractivity contribution in [1.82, 2.24) is 9.62 Å². The number of piperidine rings is 1. The Kier molecular flexibility index (Phi) is 9.06. The lowest BCUT2D eigenvalue weighted by molar-refractivity contribution is -0.148. The highest BCUT2D eigenvalue weighted by Gasteiger charge is 2.33. The number of nitrogens with zero attached hydrogens (tertiary/aromatic N) is 1. The van der Waals surface area contributed by atoms with E-state index in [1.165, 1.54) is 16.4 Å². The van der Waals surface area contributed by atoms with Crippen molar-refractivity contribution in [2.24, 2.45) is 5.92 Å². The molecular formula is C25H32N2O6S. The maximum absolute atomic E-state index is 13.0. The summed E-state index contributed by atoms with van der Waals surface area (Å²) < 4.78 is 37.9. The van der Waals surface area contributed by atoms with E-state index in [4.69, 9.17) is 9.47 Å². The van der Waals surface area contributed by atoms with E-state index in [0.29, 0.717) is 31.6 Å². The molecule has 8 nitrogen and oxygen atoms in total. The molecular weight excluding hydrogens is 456 g/mol. The smallest absolute Gasteiger partial charge is 0.328 e. The van der Waals surface area contributed by atoms with Crippen LogP contribution in [0.1, 0.15) is 32.3 Å². The van der Waals surface area contributed by atoms with E-state index in [9.17, 15) is 18.0 Å². The van der Waals surface area contributed by atoms with Crippen molar-refractivity contribution in [3.05, 3.63) is 60.2 Å². The van der Waals surface area contributed by atoms with Crippen LogP contribution < -0.4 is 10.1 Å². The van der Waals surface area contributed by atoms with Crippen molar-refractivity contribution in [3.8, 4) is 5.75 Å². The second kappa shape index (κ2) is 12.0. The van der Waals surface area contributed by atoms with Gasteiger partial charge in [0, 0.05) is 25.4 Å². The van der Waals surface area contributed by atoms with Gasteiger partial charge in [0.25, 0.3) is 0 Å². The topological polar surface area (TPSA) is 102 Å². The predicted molar refractivity (Wildman–Crippen MR) is 128 cm³/mol. The lowest BCUT2D eigenvalue weighted by Crippen LogP contribution is -2.48. The Morgan fingerprint density at radius 2 is 1.65 bits per heavy atom. The molecule has 2 aromatic carbocycles. The first kappa shape index (κ1) is 25.7. The van der Waals surface area contributed by atoms with Crippen LogP contribution in [-0.2, 0) is 30.8 Å². The van der Waals surface area contributed by atoms with Crippen LogP contribution >= 0.6 is 0 Å². The van der Waals surface area contributed by atoms with E-state index in [-0.39, 0.29) is 36.4 Å². The van der Waals surface area contributed by atoms with Crippen molar-refractivity contribution in [2.45, 2.75) is 44.0 Å². The maximum atomic E-state index is 13.0. The van der Waals surface area contributed by atoms with Crippen LogP contribution in [0.3, 0.4) is 0 Å². The molecule has 9 heteroatoms. The molecule has 184 valence electrons. The summed E-state index contributed by atoms with van der Waals surface area (Å²) in [6.45, 7) is 4.78. The summed E-state index contributed by atoms with van der Waals surface area (Å²) >= 11 is 0. The van der Waals surface area contributed by atoms with E-state index in [0.717, 1.165) is 5.56 Å². The Bertz CT molecular complexity index is 1050. The number of hydrogen-bond donors (Lipinski definition) is 1. The fourth-order valence-corrected chi connectivity index (χ4v) is 5.43. The quantitative estimate of drug-likeness (QED) is 0.516. The third kappa shape index (κ3) is 6.57. The average Bonchev–Trinajstić information content (AvgIpc) is 2.85. The van der Waals surface area contributed by atoms with E-state index < -0.39 is 22.0 Å². The van der Waals surface area contributed by atoms with E-state index in [1.54, 1.807) is 19.1 Å². The molecule has 1 amide bonds. The number of carbonyl (C=O) groups excluding carboxylic acids is 2. The number of nitrogens with one attached hydrogen (secondary N) is 1. The summed E-state index contributed by atoms with van der Waals surface area (Å²) in [5.41, 5.74) is 0.914. The van der Waals surface area contributed by atoms with Gasteiger partial charge in [-0.3, -0.25) is 4.79 Å². The standard InChI is InChI=1S/C25H32N2O6S/c1-3-32-21-10-12-22(13-11-21)34(30,31)27-16-14-20(15-17-27)24(28)26-23(25(29)33-4-2)18-19-8-6-5-7-9-19/h5-13,20,23H,3-4,14-18H2,1-2H3,(H,26,28). The number of hydrogen-bond acceptors (Lipinski definition) is 6. The van der Waals surface area contributed by atoms with Crippen LogP contribution in [0.2, 0.25) is 0 Å². The van der Waals surface area contributed by atoms with Gasteiger partial charge in [-0.15, -0.1) is 0 Å². The SMILES string of the molecule is CCOC(=O)C(Cc1ccccc1)NC(=O)C1CCN(S(=O)(=O)c2ccc(OCC)cc2)CC1. The molecule has 1 saturated heterocycles. The summed E-state index contributed by atoms with van der Waals surface area (Å²) in [7, 11) is -3.66. The molecule has 0 radical (unpaired) electrons. The number of esters is 1. The first-order chi connectivity index (χ1) is 16.3. The van der Waals surface area contributed by atoms with E-state index in [2.05, 4.69) is 5.32 Å². The third-order valence-corrected chi connectivity index (χ3v) is 7.68. The monoisotopic (exact) mass is 488 g/mol. The molecule has 1 atom stereocenters. The van der Waals surface area contributed by atoms with Crippen LogP contribution in [0.25, 0.3) is 0 Å². The molecule has 34 heavy (non-hydrogen) atoms. The summed E-state index contributed by atoms with van der Waals surface area (Å²) in [5, 5.41) is 2.83. The lowest BCUT2D eigenvalue weighted by atomic mass is 9.96. The van der Waals surface area contributed by atoms with Gasteiger partial charge < -0.3 is 14.8 Å². The molecule has 0 saturated carbocycles. The first-order valence-corrected chi connectivity index (χ1v) is 13.0. The molecule has 1 unspecified atom stereocenters.